The minimum atomic E-state index is 0.511. The average molecular weight is 153 g/mol. The normalized spacial score (nSPS) is 10.9. The van der Waals surface area contributed by atoms with Crippen LogP contribution in [0.4, 0.5) is 0 Å². The maximum atomic E-state index is 4.17. The van der Waals surface area contributed by atoms with E-state index in [0.29, 0.717) is 5.92 Å². The highest BCUT2D eigenvalue weighted by Gasteiger charge is 2.02. The molecule has 0 aromatic carbocycles. The van der Waals surface area contributed by atoms with Gasteiger partial charge in [0.1, 0.15) is 0 Å². The fraction of sp³-hybridized carbons (Fsp3) is 0.625. The van der Waals surface area contributed by atoms with Crippen molar-refractivity contribution in [2.75, 3.05) is 7.05 Å². The van der Waals surface area contributed by atoms with Crippen molar-refractivity contribution in [3.8, 4) is 0 Å². The number of rotatable bonds is 3. The van der Waals surface area contributed by atoms with Crippen LogP contribution in [0.25, 0.3) is 0 Å². The number of hydrogen-bond acceptors (Lipinski definition) is 2. The summed E-state index contributed by atoms with van der Waals surface area (Å²) in [6.45, 7) is 5.14. The SMILES string of the molecule is CNCc1cc(C(C)C)n[nH]1. The summed E-state index contributed by atoms with van der Waals surface area (Å²) >= 11 is 0. The molecule has 62 valence electrons. The molecule has 1 aromatic heterocycles. The van der Waals surface area contributed by atoms with Crippen LogP contribution in [0.15, 0.2) is 6.07 Å². The number of hydrogen-bond donors (Lipinski definition) is 2. The van der Waals surface area contributed by atoms with Crippen LogP contribution in [0.1, 0.15) is 31.2 Å². The predicted octanol–water partition coefficient (Wildman–Crippen LogP) is 1.25. The van der Waals surface area contributed by atoms with Crippen molar-refractivity contribution in [2.24, 2.45) is 0 Å². The first-order chi connectivity index (χ1) is 5.24. The lowest BCUT2D eigenvalue weighted by atomic mass is 10.1. The predicted molar refractivity (Wildman–Crippen MR) is 45.4 cm³/mol. The average Bonchev–Trinajstić information content (AvgIpc) is 2.37. The van der Waals surface area contributed by atoms with Gasteiger partial charge in [0.25, 0.3) is 0 Å². The van der Waals surface area contributed by atoms with E-state index >= 15 is 0 Å². The molecule has 0 unspecified atom stereocenters. The summed E-state index contributed by atoms with van der Waals surface area (Å²) in [5.41, 5.74) is 2.28. The van der Waals surface area contributed by atoms with Crippen LogP contribution >= 0.6 is 0 Å². The standard InChI is InChI=1S/C8H15N3/c1-6(2)8-4-7(5-9-3)10-11-8/h4,6,9H,5H2,1-3H3,(H,10,11). The van der Waals surface area contributed by atoms with Crippen LogP contribution in [-0.4, -0.2) is 17.2 Å². The molecule has 0 radical (unpaired) electrons. The van der Waals surface area contributed by atoms with Crippen molar-refractivity contribution in [3.05, 3.63) is 17.5 Å². The van der Waals surface area contributed by atoms with E-state index in [2.05, 4.69) is 35.4 Å². The minimum Gasteiger partial charge on any atom is -0.314 e. The second-order valence-electron chi connectivity index (χ2n) is 3.00. The molecular formula is C8H15N3. The van der Waals surface area contributed by atoms with Gasteiger partial charge < -0.3 is 5.32 Å². The molecule has 1 rings (SSSR count). The Bertz CT molecular complexity index is 215. The van der Waals surface area contributed by atoms with Gasteiger partial charge in [-0.15, -0.1) is 0 Å². The monoisotopic (exact) mass is 153 g/mol. The Hall–Kier alpha value is -0.830. The van der Waals surface area contributed by atoms with Crippen LogP contribution in [0.5, 0.6) is 0 Å². The zero-order valence-electron chi connectivity index (χ0n) is 7.31. The van der Waals surface area contributed by atoms with Crippen LogP contribution in [0.3, 0.4) is 0 Å². The highest BCUT2D eigenvalue weighted by Crippen LogP contribution is 2.11. The van der Waals surface area contributed by atoms with Gasteiger partial charge in [0.15, 0.2) is 0 Å². The highest BCUT2D eigenvalue weighted by atomic mass is 15.1. The lowest BCUT2D eigenvalue weighted by Crippen LogP contribution is -2.04. The summed E-state index contributed by atoms with van der Waals surface area (Å²) in [5, 5.41) is 10.2. The molecule has 0 amide bonds. The zero-order valence-corrected chi connectivity index (χ0v) is 7.31. The van der Waals surface area contributed by atoms with Gasteiger partial charge in [-0.25, -0.2) is 0 Å². The molecule has 3 heteroatoms. The Morgan fingerprint density at radius 1 is 1.64 bits per heavy atom. The van der Waals surface area contributed by atoms with Crippen molar-refractivity contribution >= 4 is 0 Å². The topological polar surface area (TPSA) is 40.7 Å². The number of nitrogens with one attached hydrogen (secondary N) is 2. The van der Waals surface area contributed by atoms with Crippen LogP contribution in [0.2, 0.25) is 0 Å². The van der Waals surface area contributed by atoms with Crippen molar-refractivity contribution in [3.63, 3.8) is 0 Å². The first kappa shape index (κ1) is 8.27. The molecule has 0 spiro atoms. The number of aromatic nitrogens is 2. The molecule has 0 bridgehead atoms. The first-order valence-electron chi connectivity index (χ1n) is 3.93. The summed E-state index contributed by atoms with van der Waals surface area (Å²) in [7, 11) is 1.93. The van der Waals surface area contributed by atoms with E-state index in [0.717, 1.165) is 17.9 Å². The van der Waals surface area contributed by atoms with E-state index < -0.39 is 0 Å². The van der Waals surface area contributed by atoms with Crippen molar-refractivity contribution in [1.29, 1.82) is 0 Å². The van der Waals surface area contributed by atoms with Gasteiger partial charge in [0.2, 0.25) is 0 Å². The van der Waals surface area contributed by atoms with Crippen molar-refractivity contribution < 1.29 is 0 Å². The lowest BCUT2D eigenvalue weighted by Gasteiger charge is -1.95. The molecule has 0 aliphatic heterocycles. The van der Waals surface area contributed by atoms with E-state index in [1.807, 2.05) is 7.05 Å². The zero-order chi connectivity index (χ0) is 8.27. The van der Waals surface area contributed by atoms with E-state index in [1.54, 1.807) is 0 Å². The molecule has 0 aliphatic carbocycles. The van der Waals surface area contributed by atoms with Crippen LogP contribution in [0, 0.1) is 0 Å². The third kappa shape index (κ3) is 2.05. The minimum absolute atomic E-state index is 0.511. The molecule has 0 atom stereocenters. The molecule has 0 fully saturated rings. The van der Waals surface area contributed by atoms with E-state index in [1.165, 1.54) is 0 Å². The largest absolute Gasteiger partial charge is 0.314 e. The van der Waals surface area contributed by atoms with Gasteiger partial charge in [-0.2, -0.15) is 5.10 Å². The summed E-state index contributed by atoms with van der Waals surface area (Å²) in [5.74, 6) is 0.511. The summed E-state index contributed by atoms with van der Waals surface area (Å²) in [4.78, 5) is 0. The molecule has 11 heavy (non-hydrogen) atoms. The van der Waals surface area contributed by atoms with Gasteiger partial charge in [-0.3, -0.25) is 5.10 Å². The molecule has 0 saturated heterocycles. The Kier molecular flexibility index (Phi) is 2.65. The summed E-state index contributed by atoms with van der Waals surface area (Å²) in [6.07, 6.45) is 0. The molecular weight excluding hydrogens is 138 g/mol. The third-order valence-electron chi connectivity index (χ3n) is 1.61. The third-order valence-corrected chi connectivity index (χ3v) is 1.61. The van der Waals surface area contributed by atoms with E-state index in [-0.39, 0.29) is 0 Å². The maximum Gasteiger partial charge on any atom is 0.0650 e. The molecule has 1 aromatic rings. The van der Waals surface area contributed by atoms with Gasteiger partial charge in [0.05, 0.1) is 5.69 Å². The van der Waals surface area contributed by atoms with Crippen LogP contribution < -0.4 is 5.32 Å². The van der Waals surface area contributed by atoms with Crippen molar-refractivity contribution in [1.82, 2.24) is 15.5 Å². The smallest absolute Gasteiger partial charge is 0.0650 e. The van der Waals surface area contributed by atoms with Gasteiger partial charge in [0, 0.05) is 12.2 Å². The highest BCUT2D eigenvalue weighted by molar-refractivity contribution is 5.11. The molecule has 3 nitrogen and oxygen atoms in total. The number of nitrogens with zero attached hydrogens (tertiary/aromatic N) is 1. The molecule has 0 saturated carbocycles. The van der Waals surface area contributed by atoms with Gasteiger partial charge in [-0.1, -0.05) is 13.8 Å². The first-order valence-corrected chi connectivity index (χ1v) is 3.93. The van der Waals surface area contributed by atoms with Crippen LogP contribution in [-0.2, 0) is 6.54 Å². The maximum absolute atomic E-state index is 4.17. The quantitative estimate of drug-likeness (QED) is 0.686. The Morgan fingerprint density at radius 3 is 2.82 bits per heavy atom. The fourth-order valence-corrected chi connectivity index (χ4v) is 0.956. The lowest BCUT2D eigenvalue weighted by molar-refractivity contribution is 0.777. The number of H-pyrrole nitrogens is 1. The molecule has 2 N–H and O–H groups in total. The Labute approximate surface area is 67.2 Å². The van der Waals surface area contributed by atoms with Crippen molar-refractivity contribution in [2.45, 2.75) is 26.3 Å². The molecule has 1 heterocycles. The van der Waals surface area contributed by atoms with Gasteiger partial charge >= 0.3 is 0 Å². The second-order valence-corrected chi connectivity index (χ2v) is 3.00. The Balaban J connectivity index is 2.66. The van der Waals surface area contributed by atoms with E-state index in [9.17, 15) is 0 Å². The second kappa shape index (κ2) is 3.53. The fourth-order valence-electron chi connectivity index (χ4n) is 0.956. The summed E-state index contributed by atoms with van der Waals surface area (Å²) in [6, 6.07) is 2.10. The number of aromatic amines is 1. The molecule has 0 aliphatic rings. The van der Waals surface area contributed by atoms with Gasteiger partial charge in [-0.05, 0) is 19.0 Å². The Morgan fingerprint density at radius 2 is 2.36 bits per heavy atom. The summed E-state index contributed by atoms with van der Waals surface area (Å²) < 4.78 is 0. The van der Waals surface area contributed by atoms with E-state index in [4.69, 9.17) is 0 Å².